The van der Waals surface area contributed by atoms with Crippen LogP contribution in [-0.2, 0) is 9.53 Å². The molecule has 1 saturated heterocycles. The van der Waals surface area contributed by atoms with Gasteiger partial charge in [-0.1, -0.05) is 24.3 Å². The molecule has 2 amide bonds. The van der Waals surface area contributed by atoms with Crippen molar-refractivity contribution in [2.75, 3.05) is 26.7 Å². The molecule has 1 N–H and O–H groups in total. The summed E-state index contributed by atoms with van der Waals surface area (Å²) in [5.74, 6) is -0.421. The number of nitrogens with one attached hydrogen (secondary N) is 1. The van der Waals surface area contributed by atoms with Gasteiger partial charge in [-0.3, -0.25) is 9.59 Å². The zero-order valence-electron chi connectivity index (χ0n) is 13.2. The van der Waals surface area contributed by atoms with Crippen molar-refractivity contribution in [3.8, 4) is 0 Å². The van der Waals surface area contributed by atoms with E-state index in [1.165, 1.54) is 0 Å². The Morgan fingerprint density at radius 2 is 2.04 bits per heavy atom. The lowest BCUT2D eigenvalue weighted by atomic mass is 10.0. The van der Waals surface area contributed by atoms with Gasteiger partial charge in [0.1, 0.15) is 5.69 Å². The molecule has 1 fully saturated rings. The van der Waals surface area contributed by atoms with Gasteiger partial charge in [0.05, 0.1) is 18.7 Å². The summed E-state index contributed by atoms with van der Waals surface area (Å²) in [6.07, 6.45) is 0. The van der Waals surface area contributed by atoms with Crippen LogP contribution in [0.2, 0.25) is 0 Å². The predicted molar refractivity (Wildman–Crippen MR) is 86.1 cm³/mol. The second-order valence-electron chi connectivity index (χ2n) is 5.77. The van der Waals surface area contributed by atoms with Crippen molar-refractivity contribution in [2.45, 2.75) is 12.5 Å². The molecule has 3 rings (SSSR count). The van der Waals surface area contributed by atoms with Gasteiger partial charge in [0, 0.05) is 19.0 Å². The molecule has 2 heterocycles. The molecule has 1 aliphatic rings. The van der Waals surface area contributed by atoms with Crippen LogP contribution in [0.15, 0.2) is 36.4 Å². The quantitative estimate of drug-likeness (QED) is 0.905. The summed E-state index contributed by atoms with van der Waals surface area (Å²) >= 11 is 0. The number of rotatable bonds is 2. The van der Waals surface area contributed by atoms with Crippen LogP contribution in [0.1, 0.15) is 17.4 Å². The van der Waals surface area contributed by atoms with E-state index < -0.39 is 5.60 Å². The summed E-state index contributed by atoms with van der Waals surface area (Å²) in [6.45, 7) is 2.67. The van der Waals surface area contributed by atoms with Crippen molar-refractivity contribution in [3.05, 3.63) is 42.1 Å². The average molecular weight is 313 g/mol. The third-order valence-corrected chi connectivity index (χ3v) is 4.09. The maximum atomic E-state index is 12.7. The van der Waals surface area contributed by atoms with Crippen molar-refractivity contribution in [2.24, 2.45) is 0 Å². The number of fused-ring (bicyclic) bond motifs is 1. The van der Waals surface area contributed by atoms with Crippen LogP contribution in [0.25, 0.3) is 10.9 Å². The highest BCUT2D eigenvalue weighted by atomic mass is 16.5. The van der Waals surface area contributed by atoms with Gasteiger partial charge in [0.25, 0.3) is 11.8 Å². The first-order valence-corrected chi connectivity index (χ1v) is 7.55. The Morgan fingerprint density at radius 1 is 1.26 bits per heavy atom. The highest BCUT2D eigenvalue weighted by Gasteiger charge is 2.40. The molecule has 6 nitrogen and oxygen atoms in total. The number of aromatic nitrogens is 1. The number of benzene rings is 1. The topological polar surface area (TPSA) is 71.5 Å². The summed E-state index contributed by atoms with van der Waals surface area (Å²) < 4.78 is 5.58. The average Bonchev–Trinajstić information content (AvgIpc) is 2.60. The first-order valence-electron chi connectivity index (χ1n) is 7.55. The lowest BCUT2D eigenvalue weighted by Crippen LogP contribution is -2.58. The Bertz CT molecular complexity index is 762. The van der Waals surface area contributed by atoms with Crippen LogP contribution in [0.4, 0.5) is 0 Å². The number of amides is 2. The molecule has 0 bridgehead atoms. The van der Waals surface area contributed by atoms with Crippen LogP contribution < -0.4 is 5.32 Å². The van der Waals surface area contributed by atoms with E-state index in [2.05, 4.69) is 10.3 Å². The third-order valence-electron chi connectivity index (χ3n) is 4.09. The summed E-state index contributed by atoms with van der Waals surface area (Å²) in [5, 5.41) is 3.57. The van der Waals surface area contributed by atoms with Crippen LogP contribution in [0.5, 0.6) is 0 Å². The first-order chi connectivity index (χ1) is 11.0. The van der Waals surface area contributed by atoms with Gasteiger partial charge in [-0.2, -0.15) is 0 Å². The first kappa shape index (κ1) is 15.4. The molecule has 1 atom stereocenters. The minimum atomic E-state index is -1.03. The molecule has 120 valence electrons. The van der Waals surface area contributed by atoms with E-state index in [9.17, 15) is 9.59 Å². The Balaban J connectivity index is 1.85. The van der Waals surface area contributed by atoms with Gasteiger partial charge in [-0.05, 0) is 19.1 Å². The Labute approximate surface area is 134 Å². The standard InChI is InChI=1S/C17H19N3O3/c1-17(16(22)18-2)11-20(9-10-23-17)15(21)14-8-7-12-5-3-4-6-13(12)19-14/h3-8H,9-11H2,1-2H3,(H,18,22)/t17-/m0/s1. The molecular formula is C17H19N3O3. The normalized spacial score (nSPS) is 21.2. The molecule has 0 spiro atoms. The SMILES string of the molecule is CNC(=O)[C@]1(C)CN(C(=O)c2ccc3ccccc3n2)CCO1. The molecule has 0 saturated carbocycles. The Kier molecular flexibility index (Phi) is 4.00. The fourth-order valence-electron chi connectivity index (χ4n) is 2.79. The number of carbonyl (C=O) groups excluding carboxylic acids is 2. The van der Waals surface area contributed by atoms with Gasteiger partial charge in [-0.15, -0.1) is 0 Å². The number of pyridine rings is 1. The van der Waals surface area contributed by atoms with Crippen molar-refractivity contribution >= 4 is 22.7 Å². The molecule has 6 heteroatoms. The lowest BCUT2D eigenvalue weighted by Gasteiger charge is -2.38. The van der Waals surface area contributed by atoms with Crippen molar-refractivity contribution < 1.29 is 14.3 Å². The molecule has 1 aromatic carbocycles. The second-order valence-corrected chi connectivity index (χ2v) is 5.77. The molecule has 2 aromatic rings. The maximum absolute atomic E-state index is 12.7. The number of hydrogen-bond donors (Lipinski definition) is 1. The summed E-state index contributed by atoms with van der Waals surface area (Å²) in [4.78, 5) is 30.7. The van der Waals surface area contributed by atoms with Gasteiger partial charge in [0.15, 0.2) is 5.60 Å². The molecular weight excluding hydrogens is 294 g/mol. The summed E-state index contributed by atoms with van der Waals surface area (Å²) in [6, 6.07) is 11.3. The minimum absolute atomic E-state index is 0.186. The van der Waals surface area contributed by atoms with Gasteiger partial charge >= 0.3 is 0 Å². The monoisotopic (exact) mass is 313 g/mol. The highest BCUT2D eigenvalue weighted by molar-refractivity contribution is 5.95. The molecule has 1 aromatic heterocycles. The summed E-state index contributed by atoms with van der Waals surface area (Å²) in [7, 11) is 1.56. The lowest BCUT2D eigenvalue weighted by molar-refractivity contribution is -0.153. The fraction of sp³-hybridized carbons (Fsp3) is 0.353. The molecule has 0 radical (unpaired) electrons. The highest BCUT2D eigenvalue weighted by Crippen LogP contribution is 2.20. The van der Waals surface area contributed by atoms with Crippen molar-refractivity contribution in [1.29, 1.82) is 0 Å². The van der Waals surface area contributed by atoms with E-state index >= 15 is 0 Å². The number of para-hydroxylation sites is 1. The van der Waals surface area contributed by atoms with Crippen LogP contribution in [0.3, 0.4) is 0 Å². The second kappa shape index (κ2) is 5.96. The van der Waals surface area contributed by atoms with E-state index in [1.807, 2.05) is 30.3 Å². The number of likely N-dealkylation sites (N-methyl/N-ethyl adjacent to an activating group) is 1. The van der Waals surface area contributed by atoms with Crippen molar-refractivity contribution in [1.82, 2.24) is 15.2 Å². The van der Waals surface area contributed by atoms with E-state index in [-0.39, 0.29) is 18.4 Å². The smallest absolute Gasteiger partial charge is 0.272 e. The zero-order chi connectivity index (χ0) is 16.4. The van der Waals surface area contributed by atoms with Crippen molar-refractivity contribution in [3.63, 3.8) is 0 Å². The van der Waals surface area contributed by atoms with E-state index in [4.69, 9.17) is 4.74 Å². The number of hydrogen-bond acceptors (Lipinski definition) is 4. The number of ether oxygens (including phenoxy) is 1. The minimum Gasteiger partial charge on any atom is -0.362 e. The fourth-order valence-corrected chi connectivity index (χ4v) is 2.79. The third kappa shape index (κ3) is 2.90. The Morgan fingerprint density at radius 3 is 2.83 bits per heavy atom. The number of morpholine rings is 1. The van der Waals surface area contributed by atoms with E-state index in [0.717, 1.165) is 10.9 Å². The predicted octanol–water partition coefficient (Wildman–Crippen LogP) is 1.21. The molecule has 0 aliphatic carbocycles. The Hall–Kier alpha value is -2.47. The zero-order valence-corrected chi connectivity index (χ0v) is 13.2. The van der Waals surface area contributed by atoms with Gasteiger partial charge < -0.3 is 15.0 Å². The molecule has 0 unspecified atom stereocenters. The van der Waals surface area contributed by atoms with E-state index in [1.54, 1.807) is 24.9 Å². The van der Waals surface area contributed by atoms with Gasteiger partial charge in [-0.25, -0.2) is 4.98 Å². The molecule has 23 heavy (non-hydrogen) atoms. The van der Waals surface area contributed by atoms with Crippen LogP contribution >= 0.6 is 0 Å². The van der Waals surface area contributed by atoms with Crippen LogP contribution in [-0.4, -0.2) is 54.0 Å². The van der Waals surface area contributed by atoms with E-state index in [0.29, 0.717) is 18.8 Å². The van der Waals surface area contributed by atoms with Crippen LogP contribution in [0, 0.1) is 0 Å². The van der Waals surface area contributed by atoms with Gasteiger partial charge in [0.2, 0.25) is 0 Å². The molecule has 1 aliphatic heterocycles. The number of carbonyl (C=O) groups is 2. The number of nitrogens with zero attached hydrogens (tertiary/aromatic N) is 2. The largest absolute Gasteiger partial charge is 0.362 e. The maximum Gasteiger partial charge on any atom is 0.272 e. The summed E-state index contributed by atoms with van der Waals surface area (Å²) in [5.41, 5.74) is 0.130.